The second-order valence-corrected chi connectivity index (χ2v) is 4.92. The molecule has 0 aromatic carbocycles. The summed E-state index contributed by atoms with van der Waals surface area (Å²) in [4.78, 5) is 11.7. The highest BCUT2D eigenvalue weighted by atomic mass is 32.2. The van der Waals surface area contributed by atoms with Gasteiger partial charge in [0.25, 0.3) is 0 Å². The van der Waals surface area contributed by atoms with Crippen molar-refractivity contribution in [2.45, 2.75) is 25.9 Å². The Labute approximate surface area is 93.1 Å². The summed E-state index contributed by atoms with van der Waals surface area (Å²) in [7, 11) is 0. The van der Waals surface area contributed by atoms with Gasteiger partial charge in [-0.15, -0.1) is 0 Å². The summed E-state index contributed by atoms with van der Waals surface area (Å²) in [5.74, 6) is 0. The number of carbonyl (C=O) groups excluding carboxylic acids is 1. The number of hydrogen-bond acceptors (Lipinski definition) is 4. The van der Waals surface area contributed by atoms with E-state index in [-0.39, 0.29) is 11.2 Å². The quantitative estimate of drug-likeness (QED) is 0.860. The van der Waals surface area contributed by atoms with Crippen molar-refractivity contribution in [2.24, 2.45) is 0 Å². The molecule has 0 aliphatic rings. The molecule has 0 saturated carbocycles. The molecule has 0 aliphatic heterocycles. The van der Waals surface area contributed by atoms with Crippen LogP contribution in [0, 0.1) is 0 Å². The molecule has 0 bridgehead atoms. The summed E-state index contributed by atoms with van der Waals surface area (Å²) in [6.45, 7) is 4.10. The highest BCUT2D eigenvalue weighted by molar-refractivity contribution is 8.13. The fourth-order valence-corrected chi connectivity index (χ4v) is 2.32. The summed E-state index contributed by atoms with van der Waals surface area (Å²) < 4.78 is 0. The van der Waals surface area contributed by atoms with Crippen LogP contribution in [0.4, 0.5) is 0 Å². The topological polar surface area (TPSA) is 29.1 Å². The molecule has 1 aromatic heterocycles. The fourth-order valence-electron chi connectivity index (χ4n) is 1.19. The van der Waals surface area contributed by atoms with E-state index in [1.165, 1.54) is 11.8 Å². The van der Waals surface area contributed by atoms with Crippen molar-refractivity contribution in [2.75, 3.05) is 6.26 Å². The molecule has 0 amide bonds. The molecule has 0 aliphatic carbocycles. The van der Waals surface area contributed by atoms with Crippen LogP contribution in [-0.4, -0.2) is 17.4 Å². The Morgan fingerprint density at radius 3 is 2.71 bits per heavy atom. The number of thiophene rings is 1. The number of thioether (sulfide) groups is 1. The van der Waals surface area contributed by atoms with E-state index < -0.39 is 0 Å². The summed E-state index contributed by atoms with van der Waals surface area (Å²) in [5.41, 5.74) is 1.07. The van der Waals surface area contributed by atoms with Gasteiger partial charge in [0.15, 0.2) is 0 Å². The molecule has 2 nitrogen and oxygen atoms in total. The molecule has 14 heavy (non-hydrogen) atoms. The number of nitrogens with one attached hydrogen (secondary N) is 1. The first kappa shape index (κ1) is 11.8. The van der Waals surface area contributed by atoms with Crippen molar-refractivity contribution in [3.8, 4) is 0 Å². The Balaban J connectivity index is 2.77. The minimum absolute atomic E-state index is 0.156. The normalized spacial score (nSPS) is 13.1. The number of carbonyl (C=O) groups is 1. The van der Waals surface area contributed by atoms with Crippen molar-refractivity contribution in [1.29, 1.82) is 0 Å². The van der Waals surface area contributed by atoms with Crippen LogP contribution >= 0.6 is 23.1 Å². The molecule has 0 fully saturated rings. The van der Waals surface area contributed by atoms with Gasteiger partial charge in [-0.25, -0.2) is 0 Å². The molecular weight excluding hydrogens is 214 g/mol. The van der Waals surface area contributed by atoms with E-state index >= 15 is 0 Å². The lowest BCUT2D eigenvalue weighted by Crippen LogP contribution is -2.32. The van der Waals surface area contributed by atoms with Gasteiger partial charge < -0.3 is 5.32 Å². The molecular formula is C10H15NOS2. The fraction of sp³-hybridized carbons (Fsp3) is 0.500. The first-order valence-corrected chi connectivity index (χ1v) is 6.68. The predicted molar refractivity (Wildman–Crippen MR) is 63.9 cm³/mol. The third-order valence-corrected chi connectivity index (χ3v) is 3.15. The molecule has 1 atom stereocenters. The van der Waals surface area contributed by atoms with Crippen LogP contribution in [0.3, 0.4) is 0 Å². The van der Waals surface area contributed by atoms with Gasteiger partial charge >= 0.3 is 0 Å². The van der Waals surface area contributed by atoms with Crippen LogP contribution in [0.5, 0.6) is 0 Å². The summed E-state index contributed by atoms with van der Waals surface area (Å²) in [5, 5.41) is 7.47. The smallest absolute Gasteiger partial charge is 0.210 e. The van der Waals surface area contributed by atoms with Crippen LogP contribution in [-0.2, 0) is 4.79 Å². The standard InChI is InChI=1S/C10H15NOS2/c1-7(2)11-9(10(12)13-3)8-4-5-14-6-8/h4-7,9,11H,1-3H3. The maximum Gasteiger partial charge on any atom is 0.210 e. The van der Waals surface area contributed by atoms with E-state index in [4.69, 9.17) is 0 Å². The van der Waals surface area contributed by atoms with E-state index in [1.54, 1.807) is 11.3 Å². The molecule has 78 valence electrons. The molecule has 0 radical (unpaired) electrons. The zero-order chi connectivity index (χ0) is 10.6. The Morgan fingerprint density at radius 1 is 1.57 bits per heavy atom. The molecule has 1 N–H and O–H groups in total. The van der Waals surface area contributed by atoms with Gasteiger partial charge in [0, 0.05) is 6.04 Å². The highest BCUT2D eigenvalue weighted by Crippen LogP contribution is 2.21. The minimum Gasteiger partial charge on any atom is -0.301 e. The van der Waals surface area contributed by atoms with Crippen molar-refractivity contribution in [3.05, 3.63) is 22.4 Å². The zero-order valence-electron chi connectivity index (χ0n) is 8.61. The predicted octanol–water partition coefficient (Wildman–Crippen LogP) is 2.68. The number of hydrogen-bond donors (Lipinski definition) is 1. The lowest BCUT2D eigenvalue weighted by Gasteiger charge is -2.18. The average molecular weight is 229 g/mol. The lowest BCUT2D eigenvalue weighted by atomic mass is 10.1. The maximum absolute atomic E-state index is 11.7. The SMILES string of the molecule is CSC(=O)C(NC(C)C)c1ccsc1. The Kier molecular flexibility index (Phi) is 4.65. The van der Waals surface area contributed by atoms with Crippen LogP contribution < -0.4 is 5.32 Å². The summed E-state index contributed by atoms with van der Waals surface area (Å²) >= 11 is 2.90. The Hall–Kier alpha value is -0.320. The van der Waals surface area contributed by atoms with E-state index in [9.17, 15) is 4.79 Å². The highest BCUT2D eigenvalue weighted by Gasteiger charge is 2.20. The van der Waals surface area contributed by atoms with Gasteiger partial charge in [-0.1, -0.05) is 11.8 Å². The first-order chi connectivity index (χ1) is 6.65. The van der Waals surface area contributed by atoms with Gasteiger partial charge in [0.1, 0.15) is 6.04 Å². The second kappa shape index (κ2) is 5.53. The summed E-state index contributed by atoms with van der Waals surface area (Å²) in [6, 6.07) is 2.16. The van der Waals surface area contributed by atoms with E-state index in [0.717, 1.165) is 5.56 Å². The largest absolute Gasteiger partial charge is 0.301 e. The average Bonchev–Trinajstić information content (AvgIpc) is 2.65. The monoisotopic (exact) mass is 229 g/mol. The molecule has 1 aromatic rings. The van der Waals surface area contributed by atoms with Crippen LogP contribution in [0.2, 0.25) is 0 Å². The van der Waals surface area contributed by atoms with Gasteiger partial charge in [-0.2, -0.15) is 11.3 Å². The van der Waals surface area contributed by atoms with Crippen molar-refractivity contribution >= 4 is 28.2 Å². The van der Waals surface area contributed by atoms with E-state index in [0.29, 0.717) is 6.04 Å². The van der Waals surface area contributed by atoms with E-state index in [2.05, 4.69) is 5.32 Å². The minimum atomic E-state index is -0.156. The zero-order valence-corrected chi connectivity index (χ0v) is 10.2. The third kappa shape index (κ3) is 3.12. The van der Waals surface area contributed by atoms with Gasteiger partial charge in [-0.05, 0) is 42.5 Å². The van der Waals surface area contributed by atoms with Crippen molar-refractivity contribution in [3.63, 3.8) is 0 Å². The third-order valence-electron chi connectivity index (χ3n) is 1.81. The van der Waals surface area contributed by atoms with E-state index in [1.807, 2.05) is 36.9 Å². The summed E-state index contributed by atoms with van der Waals surface area (Å²) in [6.07, 6.45) is 1.82. The van der Waals surface area contributed by atoms with Gasteiger partial charge in [0.2, 0.25) is 5.12 Å². The Morgan fingerprint density at radius 2 is 2.29 bits per heavy atom. The maximum atomic E-state index is 11.7. The molecule has 0 saturated heterocycles. The van der Waals surface area contributed by atoms with Gasteiger partial charge in [0.05, 0.1) is 0 Å². The van der Waals surface area contributed by atoms with Crippen LogP contribution in [0.25, 0.3) is 0 Å². The van der Waals surface area contributed by atoms with Crippen molar-refractivity contribution < 1.29 is 4.79 Å². The number of rotatable bonds is 4. The van der Waals surface area contributed by atoms with Crippen LogP contribution in [0.1, 0.15) is 25.5 Å². The molecule has 1 heterocycles. The Bertz CT molecular complexity index is 282. The van der Waals surface area contributed by atoms with Gasteiger partial charge in [-0.3, -0.25) is 4.79 Å². The van der Waals surface area contributed by atoms with Crippen molar-refractivity contribution in [1.82, 2.24) is 5.32 Å². The molecule has 1 rings (SSSR count). The molecule has 1 unspecified atom stereocenters. The lowest BCUT2D eigenvalue weighted by molar-refractivity contribution is -0.113. The van der Waals surface area contributed by atoms with Crippen LogP contribution in [0.15, 0.2) is 16.8 Å². The molecule has 4 heteroatoms. The molecule has 0 spiro atoms. The first-order valence-electron chi connectivity index (χ1n) is 4.51. The second-order valence-electron chi connectivity index (χ2n) is 3.33.